The smallest absolute Gasteiger partial charge is 0.229 e. The minimum absolute atomic E-state index is 0.0710. The van der Waals surface area contributed by atoms with Gasteiger partial charge in [-0.2, -0.15) is 0 Å². The molecule has 1 N–H and O–H groups in total. The minimum Gasteiger partial charge on any atom is -0.326 e. The van der Waals surface area contributed by atoms with Crippen molar-refractivity contribution in [3.8, 4) is 0 Å². The van der Waals surface area contributed by atoms with E-state index in [1.165, 1.54) is 0 Å². The van der Waals surface area contributed by atoms with Crippen molar-refractivity contribution < 1.29 is 9.00 Å². The predicted octanol–water partition coefficient (Wildman–Crippen LogP) is 3.46. The van der Waals surface area contributed by atoms with Crippen molar-refractivity contribution in [3.05, 3.63) is 51.2 Å². The maximum Gasteiger partial charge on any atom is 0.229 e. The Morgan fingerprint density at radius 3 is 2.85 bits per heavy atom. The summed E-state index contributed by atoms with van der Waals surface area (Å²) in [6.45, 7) is 0. The number of carbonyl (C=O) groups is 1. The molecule has 20 heavy (non-hydrogen) atoms. The van der Waals surface area contributed by atoms with E-state index in [0.29, 0.717) is 22.9 Å². The van der Waals surface area contributed by atoms with Gasteiger partial charge in [-0.25, -0.2) is 0 Å². The molecule has 0 aliphatic carbocycles. The normalized spacial score (nSPS) is 12.1. The van der Waals surface area contributed by atoms with Crippen molar-refractivity contribution in [2.24, 2.45) is 0 Å². The molecular weight excluding hydrogens is 314 g/mol. The molecule has 1 heterocycles. The first-order valence-electron chi connectivity index (χ1n) is 5.95. The Morgan fingerprint density at radius 2 is 2.20 bits per heavy atom. The zero-order valence-electron chi connectivity index (χ0n) is 10.9. The van der Waals surface area contributed by atoms with Crippen LogP contribution in [0.2, 0.25) is 5.02 Å². The highest BCUT2D eigenvalue weighted by Gasteiger charge is 2.08. The number of carbonyl (C=O) groups excluding carboxylic acids is 1. The Balaban J connectivity index is 2.05. The van der Waals surface area contributed by atoms with Gasteiger partial charge in [0.05, 0.1) is 6.42 Å². The predicted molar refractivity (Wildman–Crippen MR) is 85.9 cm³/mol. The molecule has 0 saturated carbocycles. The first-order valence-corrected chi connectivity index (χ1v) is 8.94. The molecule has 1 aromatic carbocycles. The number of anilines is 1. The molecule has 0 bridgehead atoms. The molecule has 0 spiro atoms. The highest BCUT2D eigenvalue weighted by Crippen LogP contribution is 2.22. The van der Waals surface area contributed by atoms with Crippen LogP contribution in [-0.4, -0.2) is 16.4 Å². The number of hydrogen-bond acceptors (Lipinski definition) is 3. The first-order chi connectivity index (χ1) is 9.54. The van der Waals surface area contributed by atoms with Crippen LogP contribution in [0.3, 0.4) is 0 Å². The lowest BCUT2D eigenvalue weighted by Gasteiger charge is -2.08. The number of amides is 1. The highest BCUT2D eigenvalue weighted by molar-refractivity contribution is 7.83. The van der Waals surface area contributed by atoms with Gasteiger partial charge in [0.2, 0.25) is 5.91 Å². The quantitative estimate of drug-likeness (QED) is 0.914. The topological polar surface area (TPSA) is 46.2 Å². The van der Waals surface area contributed by atoms with Crippen molar-refractivity contribution in [2.45, 2.75) is 12.2 Å². The molecule has 0 radical (unpaired) electrons. The summed E-state index contributed by atoms with van der Waals surface area (Å²) in [6.07, 6.45) is 1.98. The number of halogens is 1. The van der Waals surface area contributed by atoms with Crippen molar-refractivity contribution in [1.82, 2.24) is 0 Å². The average molecular weight is 328 g/mol. The summed E-state index contributed by atoms with van der Waals surface area (Å²) < 4.78 is 11.3. The summed E-state index contributed by atoms with van der Waals surface area (Å²) in [4.78, 5) is 12.9. The standard InChI is InChI=1S/C14H14ClNO2S2/c1-20(18)9-10-7-11(4-5-13(10)15)16-14(17)8-12-3-2-6-19-12/h2-7H,8-9H2,1H3,(H,16,17)/t20-/m0/s1. The van der Waals surface area contributed by atoms with Crippen LogP contribution in [0, 0.1) is 0 Å². The monoisotopic (exact) mass is 327 g/mol. The summed E-state index contributed by atoms with van der Waals surface area (Å²) in [5, 5.41) is 5.34. The van der Waals surface area contributed by atoms with Crippen LogP contribution < -0.4 is 5.32 Å². The maximum absolute atomic E-state index is 11.9. The van der Waals surface area contributed by atoms with Crippen molar-refractivity contribution in [2.75, 3.05) is 11.6 Å². The maximum atomic E-state index is 11.9. The van der Waals surface area contributed by atoms with Crippen LogP contribution >= 0.6 is 22.9 Å². The molecule has 0 aliphatic heterocycles. The highest BCUT2D eigenvalue weighted by atomic mass is 35.5. The van der Waals surface area contributed by atoms with Gasteiger partial charge in [0.1, 0.15) is 0 Å². The summed E-state index contributed by atoms with van der Waals surface area (Å²) in [5.74, 6) is 0.311. The Hall–Kier alpha value is -1.17. The number of thiophene rings is 1. The van der Waals surface area contributed by atoms with Gasteiger partial charge >= 0.3 is 0 Å². The third-order valence-electron chi connectivity index (χ3n) is 2.60. The Bertz CT molecular complexity index is 626. The second kappa shape index (κ2) is 7.02. The molecule has 106 valence electrons. The molecule has 0 unspecified atom stereocenters. The largest absolute Gasteiger partial charge is 0.326 e. The van der Waals surface area contributed by atoms with Gasteiger partial charge in [0, 0.05) is 38.4 Å². The van der Waals surface area contributed by atoms with Crippen LogP contribution in [0.15, 0.2) is 35.7 Å². The van der Waals surface area contributed by atoms with Crippen LogP contribution in [0.4, 0.5) is 5.69 Å². The second-order valence-electron chi connectivity index (χ2n) is 4.33. The Kier molecular flexibility index (Phi) is 5.34. The lowest BCUT2D eigenvalue weighted by atomic mass is 10.2. The van der Waals surface area contributed by atoms with Gasteiger partial charge in [-0.15, -0.1) is 11.3 Å². The van der Waals surface area contributed by atoms with Crippen LogP contribution in [0.5, 0.6) is 0 Å². The molecule has 0 aliphatic rings. The second-order valence-corrected chi connectivity index (χ2v) is 7.20. The molecule has 6 heteroatoms. The van der Waals surface area contributed by atoms with E-state index in [0.717, 1.165) is 10.4 Å². The number of nitrogens with one attached hydrogen (secondary N) is 1. The van der Waals surface area contributed by atoms with E-state index in [-0.39, 0.29) is 5.91 Å². The lowest BCUT2D eigenvalue weighted by Crippen LogP contribution is -2.13. The molecule has 3 nitrogen and oxygen atoms in total. The van der Waals surface area contributed by atoms with Crippen molar-refractivity contribution in [1.29, 1.82) is 0 Å². The fraction of sp³-hybridized carbons (Fsp3) is 0.214. The van der Waals surface area contributed by atoms with E-state index in [1.54, 1.807) is 35.8 Å². The summed E-state index contributed by atoms with van der Waals surface area (Å²) >= 11 is 7.60. The van der Waals surface area contributed by atoms with Gasteiger partial charge in [-0.05, 0) is 35.2 Å². The Morgan fingerprint density at radius 1 is 1.40 bits per heavy atom. The van der Waals surface area contributed by atoms with Gasteiger partial charge < -0.3 is 5.32 Å². The number of hydrogen-bond donors (Lipinski definition) is 1. The lowest BCUT2D eigenvalue weighted by molar-refractivity contribution is -0.115. The molecule has 1 aromatic heterocycles. The summed E-state index contributed by atoms with van der Waals surface area (Å²) in [5.41, 5.74) is 1.46. The van der Waals surface area contributed by atoms with E-state index in [9.17, 15) is 9.00 Å². The zero-order valence-corrected chi connectivity index (χ0v) is 13.3. The number of benzene rings is 1. The van der Waals surface area contributed by atoms with Gasteiger partial charge in [-0.3, -0.25) is 9.00 Å². The van der Waals surface area contributed by atoms with Crippen molar-refractivity contribution in [3.63, 3.8) is 0 Å². The third kappa shape index (κ3) is 4.44. The van der Waals surface area contributed by atoms with Crippen LogP contribution in [-0.2, 0) is 27.8 Å². The van der Waals surface area contributed by atoms with Crippen LogP contribution in [0.1, 0.15) is 10.4 Å². The fourth-order valence-corrected chi connectivity index (χ4v) is 3.40. The molecule has 1 amide bonds. The van der Waals surface area contributed by atoms with Gasteiger partial charge in [-0.1, -0.05) is 17.7 Å². The first kappa shape index (κ1) is 15.2. The number of rotatable bonds is 5. The van der Waals surface area contributed by atoms with E-state index < -0.39 is 10.8 Å². The average Bonchev–Trinajstić information content (AvgIpc) is 2.85. The zero-order chi connectivity index (χ0) is 14.5. The van der Waals surface area contributed by atoms with E-state index in [4.69, 9.17) is 11.6 Å². The van der Waals surface area contributed by atoms with Gasteiger partial charge in [0.25, 0.3) is 0 Å². The van der Waals surface area contributed by atoms with E-state index in [2.05, 4.69) is 5.32 Å². The summed E-state index contributed by atoms with van der Waals surface area (Å²) in [6, 6.07) is 9.08. The van der Waals surface area contributed by atoms with E-state index in [1.807, 2.05) is 17.5 Å². The Labute approximate surface area is 129 Å². The van der Waals surface area contributed by atoms with E-state index >= 15 is 0 Å². The molecule has 0 fully saturated rings. The van der Waals surface area contributed by atoms with Gasteiger partial charge in [0.15, 0.2) is 0 Å². The molecule has 1 atom stereocenters. The molecule has 2 aromatic rings. The molecular formula is C14H14ClNO2S2. The minimum atomic E-state index is -0.969. The molecule has 0 saturated heterocycles. The summed E-state index contributed by atoms with van der Waals surface area (Å²) in [7, 11) is -0.969. The molecule has 2 rings (SSSR count). The fourth-order valence-electron chi connectivity index (χ4n) is 1.76. The third-order valence-corrected chi connectivity index (χ3v) is 4.57. The SMILES string of the molecule is C[S@](=O)Cc1cc(NC(=O)Cc2cccs2)ccc1Cl. The van der Waals surface area contributed by atoms with Crippen molar-refractivity contribution >= 4 is 45.3 Å². The van der Waals surface area contributed by atoms with Crippen LogP contribution in [0.25, 0.3) is 0 Å².